The van der Waals surface area contributed by atoms with Crippen LogP contribution in [0.25, 0.3) is 0 Å². The van der Waals surface area contributed by atoms with Gasteiger partial charge in [0.05, 0.1) is 5.56 Å². The largest absolute Gasteiger partial charge is 0.396 e. The average molecular weight is 262 g/mol. The number of benzene rings is 1. The molecule has 1 aromatic rings. The van der Waals surface area contributed by atoms with E-state index < -0.39 is 5.82 Å². The third-order valence-corrected chi connectivity index (χ3v) is 3.70. The number of nitrogens with zero attached hydrogens (tertiary/aromatic N) is 2. The molecule has 1 aliphatic rings. The van der Waals surface area contributed by atoms with Crippen LogP contribution >= 0.6 is 0 Å². The van der Waals surface area contributed by atoms with E-state index in [1.165, 1.54) is 12.5 Å². The van der Waals surface area contributed by atoms with E-state index in [0.717, 1.165) is 38.0 Å². The Kier molecular flexibility index (Phi) is 4.89. The minimum Gasteiger partial charge on any atom is -0.396 e. The highest BCUT2D eigenvalue weighted by molar-refractivity contribution is 5.34. The van der Waals surface area contributed by atoms with Crippen LogP contribution in [0.4, 0.5) is 4.39 Å². The zero-order valence-electron chi connectivity index (χ0n) is 11.0. The molecule has 0 amide bonds. The molecule has 0 bridgehead atoms. The van der Waals surface area contributed by atoms with E-state index >= 15 is 0 Å². The number of likely N-dealkylation sites (tertiary alicyclic amines) is 1. The lowest BCUT2D eigenvalue weighted by molar-refractivity contribution is 0.142. The highest BCUT2D eigenvalue weighted by atomic mass is 19.1. The summed E-state index contributed by atoms with van der Waals surface area (Å²) in [7, 11) is 0. The molecule has 1 N–H and O–H groups in total. The molecule has 0 radical (unpaired) electrons. The number of halogens is 1. The molecule has 0 aliphatic carbocycles. The number of rotatable bonds is 4. The van der Waals surface area contributed by atoms with E-state index in [4.69, 9.17) is 10.4 Å². The molecule has 1 aliphatic heterocycles. The Bertz CT molecular complexity index is 468. The van der Waals surface area contributed by atoms with Crippen LogP contribution in [0.1, 0.15) is 30.4 Å². The Morgan fingerprint density at radius 1 is 1.47 bits per heavy atom. The summed E-state index contributed by atoms with van der Waals surface area (Å²) in [6.07, 6.45) is 3.16. The van der Waals surface area contributed by atoms with Crippen LogP contribution in [0.15, 0.2) is 18.2 Å². The predicted molar refractivity (Wildman–Crippen MR) is 70.8 cm³/mol. The summed E-state index contributed by atoms with van der Waals surface area (Å²) < 4.78 is 13.2. The highest BCUT2D eigenvalue weighted by Gasteiger charge is 2.19. The smallest absolute Gasteiger partial charge is 0.140 e. The Morgan fingerprint density at radius 2 is 2.32 bits per heavy atom. The van der Waals surface area contributed by atoms with E-state index in [0.29, 0.717) is 5.92 Å². The predicted octanol–water partition coefficient (Wildman–Crippen LogP) is 2.29. The summed E-state index contributed by atoms with van der Waals surface area (Å²) in [5, 5.41) is 17.8. The normalized spacial score (nSPS) is 20.2. The van der Waals surface area contributed by atoms with Gasteiger partial charge >= 0.3 is 0 Å². The van der Waals surface area contributed by atoms with Gasteiger partial charge in [0.2, 0.25) is 0 Å². The van der Waals surface area contributed by atoms with E-state index in [-0.39, 0.29) is 12.2 Å². The Labute approximate surface area is 113 Å². The van der Waals surface area contributed by atoms with Crippen LogP contribution in [-0.4, -0.2) is 29.7 Å². The molecule has 1 heterocycles. The highest BCUT2D eigenvalue weighted by Crippen LogP contribution is 2.21. The van der Waals surface area contributed by atoms with Crippen molar-refractivity contribution in [2.24, 2.45) is 5.92 Å². The van der Waals surface area contributed by atoms with E-state index in [2.05, 4.69) is 4.90 Å². The summed E-state index contributed by atoms with van der Waals surface area (Å²) >= 11 is 0. The van der Waals surface area contributed by atoms with Crippen LogP contribution < -0.4 is 0 Å². The lowest BCUT2D eigenvalue weighted by Crippen LogP contribution is -2.35. The zero-order valence-corrected chi connectivity index (χ0v) is 11.0. The van der Waals surface area contributed by atoms with Gasteiger partial charge in [0.25, 0.3) is 0 Å². The van der Waals surface area contributed by atoms with E-state index in [1.54, 1.807) is 12.1 Å². The third kappa shape index (κ3) is 3.76. The van der Waals surface area contributed by atoms with E-state index in [9.17, 15) is 4.39 Å². The van der Waals surface area contributed by atoms with Crippen molar-refractivity contribution in [1.82, 2.24) is 4.90 Å². The van der Waals surface area contributed by atoms with Gasteiger partial charge in [0, 0.05) is 19.7 Å². The van der Waals surface area contributed by atoms with Gasteiger partial charge in [-0.2, -0.15) is 5.26 Å². The number of nitriles is 1. The quantitative estimate of drug-likeness (QED) is 0.905. The number of hydrogen-bond acceptors (Lipinski definition) is 3. The fourth-order valence-corrected chi connectivity index (χ4v) is 2.73. The van der Waals surface area contributed by atoms with Gasteiger partial charge in [-0.05, 0) is 49.4 Å². The van der Waals surface area contributed by atoms with Crippen LogP contribution in [0, 0.1) is 23.1 Å². The summed E-state index contributed by atoms with van der Waals surface area (Å²) in [5.74, 6) is 0.0951. The molecule has 0 spiro atoms. The summed E-state index contributed by atoms with van der Waals surface area (Å²) in [6.45, 7) is 2.99. The molecule has 1 fully saturated rings. The number of piperidine rings is 1. The Morgan fingerprint density at radius 3 is 3.05 bits per heavy atom. The molecule has 1 unspecified atom stereocenters. The van der Waals surface area contributed by atoms with Crippen molar-refractivity contribution < 1.29 is 9.50 Å². The van der Waals surface area contributed by atoms with Gasteiger partial charge in [-0.15, -0.1) is 0 Å². The maximum Gasteiger partial charge on any atom is 0.140 e. The minimum atomic E-state index is -0.456. The summed E-state index contributed by atoms with van der Waals surface area (Å²) in [5.41, 5.74) is 1.09. The minimum absolute atomic E-state index is 0.112. The SMILES string of the molecule is N#Cc1cc(CN2CCCC(CCO)C2)ccc1F. The van der Waals surface area contributed by atoms with Crippen LogP contribution in [0.3, 0.4) is 0 Å². The maximum atomic E-state index is 13.2. The van der Waals surface area contributed by atoms with Crippen molar-refractivity contribution in [3.05, 3.63) is 35.1 Å². The van der Waals surface area contributed by atoms with Gasteiger partial charge in [-0.25, -0.2) is 4.39 Å². The Balaban J connectivity index is 1.99. The first-order valence-corrected chi connectivity index (χ1v) is 6.74. The van der Waals surface area contributed by atoms with Crippen molar-refractivity contribution >= 4 is 0 Å². The second-order valence-electron chi connectivity index (χ2n) is 5.18. The molecular weight excluding hydrogens is 243 g/mol. The second kappa shape index (κ2) is 6.65. The molecule has 4 heteroatoms. The first kappa shape index (κ1) is 14.0. The molecule has 1 aromatic carbocycles. The molecule has 1 atom stereocenters. The van der Waals surface area contributed by atoms with Crippen molar-refractivity contribution in [2.45, 2.75) is 25.8 Å². The average Bonchev–Trinajstić information content (AvgIpc) is 2.42. The fraction of sp³-hybridized carbons (Fsp3) is 0.533. The van der Waals surface area contributed by atoms with E-state index in [1.807, 2.05) is 6.07 Å². The molecule has 2 rings (SSSR count). The summed E-state index contributed by atoms with van der Waals surface area (Å²) in [4.78, 5) is 2.32. The molecule has 0 aromatic heterocycles. The second-order valence-corrected chi connectivity index (χ2v) is 5.18. The van der Waals surface area contributed by atoms with Crippen molar-refractivity contribution in [3.63, 3.8) is 0 Å². The lowest BCUT2D eigenvalue weighted by atomic mass is 9.95. The molecule has 1 saturated heterocycles. The zero-order chi connectivity index (χ0) is 13.7. The third-order valence-electron chi connectivity index (χ3n) is 3.70. The van der Waals surface area contributed by atoms with Gasteiger partial charge < -0.3 is 5.11 Å². The van der Waals surface area contributed by atoms with Crippen molar-refractivity contribution in [2.75, 3.05) is 19.7 Å². The van der Waals surface area contributed by atoms with Gasteiger partial charge in [0.15, 0.2) is 0 Å². The van der Waals surface area contributed by atoms with Gasteiger partial charge in [0.1, 0.15) is 11.9 Å². The fourth-order valence-electron chi connectivity index (χ4n) is 2.73. The summed E-state index contributed by atoms with van der Waals surface area (Å²) in [6, 6.07) is 6.61. The monoisotopic (exact) mass is 262 g/mol. The molecular formula is C15H19FN2O. The van der Waals surface area contributed by atoms with Gasteiger partial charge in [-0.3, -0.25) is 4.90 Å². The molecule has 3 nitrogen and oxygen atoms in total. The molecule has 102 valence electrons. The molecule has 19 heavy (non-hydrogen) atoms. The van der Waals surface area contributed by atoms with Crippen LogP contribution in [0.2, 0.25) is 0 Å². The van der Waals surface area contributed by atoms with Gasteiger partial charge in [-0.1, -0.05) is 6.07 Å². The lowest BCUT2D eigenvalue weighted by Gasteiger charge is -2.32. The number of hydrogen-bond donors (Lipinski definition) is 1. The maximum absolute atomic E-state index is 13.2. The number of aliphatic hydroxyl groups excluding tert-OH is 1. The first-order chi connectivity index (χ1) is 9.22. The van der Waals surface area contributed by atoms with Crippen molar-refractivity contribution in [3.8, 4) is 6.07 Å². The van der Waals surface area contributed by atoms with Crippen molar-refractivity contribution in [1.29, 1.82) is 5.26 Å². The first-order valence-electron chi connectivity index (χ1n) is 6.74. The van der Waals surface area contributed by atoms with Crippen LogP contribution in [0.5, 0.6) is 0 Å². The number of aliphatic hydroxyl groups is 1. The topological polar surface area (TPSA) is 47.3 Å². The standard InChI is InChI=1S/C15H19FN2O/c16-15-4-3-13(8-14(15)9-17)11-18-6-1-2-12(10-18)5-7-19/h3-4,8,12,19H,1-2,5-7,10-11H2. The van der Waals surface area contributed by atoms with Crippen LogP contribution in [-0.2, 0) is 6.54 Å². The molecule has 0 saturated carbocycles. The Hall–Kier alpha value is -1.44.